The quantitative estimate of drug-likeness (QED) is 0.141. The van der Waals surface area contributed by atoms with Gasteiger partial charge in [-0.25, -0.2) is 4.68 Å². The molecule has 4 heterocycles. The van der Waals surface area contributed by atoms with Crippen molar-refractivity contribution in [3.8, 4) is 5.69 Å². The second kappa shape index (κ2) is 12.9. The van der Waals surface area contributed by atoms with Crippen molar-refractivity contribution < 1.29 is 23.5 Å². The van der Waals surface area contributed by atoms with Crippen LogP contribution in [0.2, 0.25) is 18.6 Å². The van der Waals surface area contributed by atoms with Crippen LogP contribution in [-0.2, 0) is 39.4 Å². The standard InChI is InChI=1S/C40H40BrFN4O5Si/c1-24-37(52(2,3)42)35(20-36(48)44-22-27-11-5-4-10-26(27)18-30(44)23-47)51-40(24)32-19-28(41)15-16-34(32)45(39(40)50)21-25-9-8-12-29(17-25)46-38(49)31-13-6-7-14-33(31)43-46/h4-17,19,24,30,35,37,43,47H,18,20-23H2,1-3H3/t24-,30-,35+,37-,40+/m0/s1. The Labute approximate surface area is 310 Å². The molecule has 3 aliphatic heterocycles. The molecule has 0 aliphatic carbocycles. The number of aromatic amines is 1. The molecule has 52 heavy (non-hydrogen) atoms. The van der Waals surface area contributed by atoms with E-state index in [0.717, 1.165) is 26.7 Å². The van der Waals surface area contributed by atoms with Gasteiger partial charge in [0, 0.05) is 28.0 Å². The third kappa shape index (κ3) is 5.58. The monoisotopic (exact) mass is 782 g/mol. The Kier molecular flexibility index (Phi) is 8.64. The zero-order valence-corrected chi connectivity index (χ0v) is 31.8. The van der Waals surface area contributed by atoms with Crippen molar-refractivity contribution in [2.24, 2.45) is 5.92 Å². The van der Waals surface area contributed by atoms with Gasteiger partial charge in [0.05, 0.1) is 54.0 Å². The van der Waals surface area contributed by atoms with Gasteiger partial charge in [0.2, 0.25) is 14.3 Å². The van der Waals surface area contributed by atoms with E-state index in [9.17, 15) is 19.5 Å². The zero-order chi connectivity index (χ0) is 36.5. The van der Waals surface area contributed by atoms with E-state index in [1.807, 2.05) is 91.9 Å². The third-order valence-corrected chi connectivity index (χ3v) is 14.2. The molecule has 0 bridgehead atoms. The molecule has 2 amide bonds. The van der Waals surface area contributed by atoms with E-state index in [-0.39, 0.29) is 36.9 Å². The molecule has 8 rings (SSSR count). The van der Waals surface area contributed by atoms with Crippen LogP contribution in [0.5, 0.6) is 0 Å². The van der Waals surface area contributed by atoms with Crippen LogP contribution in [0.1, 0.15) is 35.6 Å². The molecule has 0 saturated carbocycles. The Bertz CT molecular complexity index is 2290. The first-order chi connectivity index (χ1) is 24.9. The number of benzene rings is 4. The van der Waals surface area contributed by atoms with E-state index in [1.54, 1.807) is 29.0 Å². The number of H-pyrrole nitrogens is 1. The largest absolute Gasteiger partial charge is 0.394 e. The van der Waals surface area contributed by atoms with Crippen LogP contribution in [0, 0.1) is 5.92 Å². The van der Waals surface area contributed by atoms with Gasteiger partial charge >= 0.3 is 0 Å². The number of amides is 2. The van der Waals surface area contributed by atoms with Crippen LogP contribution in [0.4, 0.5) is 9.80 Å². The lowest BCUT2D eigenvalue weighted by atomic mass is 9.82. The molecule has 5 atom stereocenters. The fourth-order valence-electron chi connectivity index (χ4n) is 8.93. The summed E-state index contributed by atoms with van der Waals surface area (Å²) >= 11 is 3.60. The van der Waals surface area contributed by atoms with Gasteiger partial charge in [0.15, 0.2) is 5.60 Å². The number of hydrogen-bond donors (Lipinski definition) is 2. The molecule has 3 aliphatic rings. The average molecular weight is 784 g/mol. The van der Waals surface area contributed by atoms with Crippen molar-refractivity contribution in [3.63, 3.8) is 0 Å². The maximum Gasteiger partial charge on any atom is 0.279 e. The van der Waals surface area contributed by atoms with Crippen molar-refractivity contribution in [2.75, 3.05) is 11.5 Å². The Balaban J connectivity index is 1.13. The number of carbonyl (C=O) groups excluding carboxylic acids is 2. The molecule has 5 aromatic rings. The Hall–Kier alpha value is -4.36. The second-order valence-corrected chi connectivity index (χ2v) is 19.5. The summed E-state index contributed by atoms with van der Waals surface area (Å²) in [4.78, 5) is 45.7. The number of aliphatic hydroxyl groups is 1. The first-order valence-electron chi connectivity index (χ1n) is 17.7. The van der Waals surface area contributed by atoms with Gasteiger partial charge in [0.25, 0.3) is 11.5 Å². The fraction of sp³-hybridized carbons (Fsp3) is 0.325. The lowest BCUT2D eigenvalue weighted by Crippen LogP contribution is -2.48. The number of nitrogens with zero attached hydrogens (tertiary/aromatic N) is 3. The summed E-state index contributed by atoms with van der Waals surface area (Å²) in [5.41, 5.74) is 3.22. The normalized spacial score (nSPS) is 24.2. The van der Waals surface area contributed by atoms with Gasteiger partial charge in [0.1, 0.15) is 0 Å². The maximum absolute atomic E-state index is 16.5. The van der Waals surface area contributed by atoms with Crippen molar-refractivity contribution in [2.45, 2.75) is 69.2 Å². The van der Waals surface area contributed by atoms with E-state index >= 15 is 4.11 Å². The van der Waals surface area contributed by atoms with Gasteiger partial charge in [-0.3, -0.25) is 19.5 Å². The van der Waals surface area contributed by atoms with Crippen LogP contribution < -0.4 is 10.5 Å². The Morgan fingerprint density at radius 2 is 1.77 bits per heavy atom. The van der Waals surface area contributed by atoms with Crippen molar-refractivity contribution in [3.05, 3.63) is 128 Å². The number of nitrogens with one attached hydrogen (secondary N) is 1. The number of ether oxygens (including phenoxy) is 1. The van der Waals surface area contributed by atoms with Gasteiger partial charge in [-0.2, -0.15) is 0 Å². The molecule has 2 N–H and O–H groups in total. The molecular weight excluding hydrogens is 743 g/mol. The van der Waals surface area contributed by atoms with Crippen molar-refractivity contribution in [1.29, 1.82) is 0 Å². The smallest absolute Gasteiger partial charge is 0.279 e. The predicted molar refractivity (Wildman–Crippen MR) is 203 cm³/mol. The highest BCUT2D eigenvalue weighted by Gasteiger charge is 2.67. The first-order valence-corrected chi connectivity index (χ1v) is 21.4. The summed E-state index contributed by atoms with van der Waals surface area (Å²) in [6.45, 7) is 5.47. The van der Waals surface area contributed by atoms with E-state index in [1.165, 1.54) is 4.68 Å². The number of carbonyl (C=O) groups is 2. The SMILES string of the molecule is C[C@H]1[C@H]([Si](C)(C)F)[C@@H](CC(=O)N2Cc3ccccc3C[C@H]2CO)O[C@]12C(=O)N(Cc1cccc(-n3[nH]c4ccccc4c3=O)c1)c1ccc(Br)cc12. The summed E-state index contributed by atoms with van der Waals surface area (Å²) < 4.78 is 25.7. The first kappa shape index (κ1) is 34.7. The summed E-state index contributed by atoms with van der Waals surface area (Å²) in [7, 11) is -3.53. The fourth-order valence-corrected chi connectivity index (χ4v) is 11.8. The van der Waals surface area contributed by atoms with E-state index < -0.39 is 37.6 Å². The number of hydrogen-bond acceptors (Lipinski definition) is 5. The minimum Gasteiger partial charge on any atom is -0.394 e. The second-order valence-electron chi connectivity index (χ2n) is 14.8. The molecule has 0 unspecified atom stereocenters. The minimum atomic E-state index is -3.53. The number of aromatic nitrogens is 2. The molecule has 9 nitrogen and oxygen atoms in total. The summed E-state index contributed by atoms with van der Waals surface area (Å²) in [5, 5.41) is 14.0. The number of halogens is 2. The number of fused-ring (bicyclic) bond motifs is 4. The molecule has 268 valence electrons. The van der Waals surface area contributed by atoms with Gasteiger partial charge in [-0.05, 0) is 78.7 Å². The Morgan fingerprint density at radius 1 is 1.02 bits per heavy atom. The van der Waals surface area contributed by atoms with E-state index in [0.29, 0.717) is 35.3 Å². The topological polar surface area (TPSA) is 108 Å². The van der Waals surface area contributed by atoms with Gasteiger partial charge in [-0.15, -0.1) is 0 Å². The van der Waals surface area contributed by atoms with Crippen LogP contribution in [0.3, 0.4) is 0 Å². The van der Waals surface area contributed by atoms with Crippen molar-refractivity contribution >= 4 is 52.7 Å². The molecule has 0 radical (unpaired) electrons. The number of anilines is 1. The summed E-state index contributed by atoms with van der Waals surface area (Å²) in [5.74, 6) is -1.11. The highest BCUT2D eigenvalue weighted by atomic mass is 79.9. The van der Waals surface area contributed by atoms with Crippen molar-refractivity contribution in [1.82, 2.24) is 14.7 Å². The van der Waals surface area contributed by atoms with Gasteiger partial charge in [-0.1, -0.05) is 71.4 Å². The van der Waals surface area contributed by atoms with Crippen LogP contribution in [-0.4, -0.2) is 58.8 Å². The molecule has 1 aromatic heterocycles. The summed E-state index contributed by atoms with van der Waals surface area (Å²) in [6, 6.07) is 27.9. The van der Waals surface area contributed by atoms with Crippen LogP contribution in [0.15, 0.2) is 100 Å². The molecular formula is C40H40BrFN4O5Si. The van der Waals surface area contributed by atoms with Crippen LogP contribution >= 0.6 is 15.9 Å². The number of rotatable bonds is 7. The predicted octanol–water partition coefficient (Wildman–Crippen LogP) is 6.74. The molecule has 1 saturated heterocycles. The third-order valence-electron chi connectivity index (χ3n) is 11.3. The number of para-hydroxylation sites is 1. The average Bonchev–Trinajstić information content (AvgIpc) is 3.70. The van der Waals surface area contributed by atoms with Crippen LogP contribution in [0.25, 0.3) is 16.6 Å². The number of aliphatic hydroxyl groups excluding tert-OH is 1. The zero-order valence-electron chi connectivity index (χ0n) is 29.2. The lowest BCUT2D eigenvalue weighted by molar-refractivity contribution is -0.151. The Morgan fingerprint density at radius 3 is 2.52 bits per heavy atom. The van der Waals surface area contributed by atoms with Gasteiger partial charge < -0.3 is 23.8 Å². The minimum absolute atomic E-state index is 0.103. The lowest BCUT2D eigenvalue weighted by Gasteiger charge is -2.37. The summed E-state index contributed by atoms with van der Waals surface area (Å²) in [6.07, 6.45) is -0.422. The molecule has 12 heteroatoms. The molecule has 1 spiro atoms. The molecule has 1 fully saturated rings. The van der Waals surface area contributed by atoms with E-state index in [2.05, 4.69) is 21.0 Å². The van der Waals surface area contributed by atoms with E-state index in [4.69, 9.17) is 4.74 Å². The molecule has 4 aromatic carbocycles. The highest BCUT2D eigenvalue weighted by molar-refractivity contribution is 9.10. The highest BCUT2D eigenvalue weighted by Crippen LogP contribution is 2.60. The maximum atomic E-state index is 16.5.